The number of hydrogen-bond donors (Lipinski definition) is 2. The van der Waals surface area contributed by atoms with Crippen LogP contribution in [0.25, 0.3) is 0 Å². The minimum atomic E-state index is -4.24. The van der Waals surface area contributed by atoms with E-state index in [4.69, 9.17) is 0 Å². The van der Waals surface area contributed by atoms with E-state index in [1.165, 1.54) is 18.5 Å². The lowest BCUT2D eigenvalue weighted by Crippen LogP contribution is -2.13. The van der Waals surface area contributed by atoms with Crippen molar-refractivity contribution >= 4 is 11.8 Å². The first kappa shape index (κ1) is 13.9. The molecule has 0 radical (unpaired) electrons. The third kappa shape index (κ3) is 4.92. The third-order valence-corrected chi connectivity index (χ3v) is 2.98. The van der Waals surface area contributed by atoms with Gasteiger partial charge in [0.15, 0.2) is 0 Å². The van der Waals surface area contributed by atoms with E-state index >= 15 is 0 Å². The predicted octanol–water partition coefficient (Wildman–Crippen LogP) is 2.71. The molecular weight excluding hydrogens is 277 g/mol. The summed E-state index contributed by atoms with van der Waals surface area (Å²) in [6.07, 6.45) is 1.42. The highest BCUT2D eigenvalue weighted by molar-refractivity contribution is 8.00. The fourth-order valence-electron chi connectivity index (χ4n) is 1.45. The number of aromatic amines is 1. The summed E-state index contributed by atoms with van der Waals surface area (Å²) in [5.74, 6) is 0.712. The Labute approximate surface area is 111 Å². The van der Waals surface area contributed by atoms with Crippen LogP contribution in [0.5, 0.6) is 0 Å². The summed E-state index contributed by atoms with van der Waals surface area (Å²) in [4.78, 5) is 4.13. The van der Waals surface area contributed by atoms with Gasteiger partial charge in [0.1, 0.15) is 12.2 Å². The van der Waals surface area contributed by atoms with Gasteiger partial charge in [0.05, 0.1) is 6.54 Å². The van der Waals surface area contributed by atoms with Crippen molar-refractivity contribution in [1.29, 1.82) is 0 Å². The number of alkyl halides is 3. The molecule has 0 saturated heterocycles. The molecule has 0 aliphatic carbocycles. The summed E-state index contributed by atoms with van der Waals surface area (Å²) >= 11 is -0.112. The molecule has 8 heteroatoms. The van der Waals surface area contributed by atoms with Gasteiger partial charge in [0.2, 0.25) is 0 Å². The average molecular weight is 288 g/mol. The van der Waals surface area contributed by atoms with Crippen LogP contribution in [0.1, 0.15) is 11.4 Å². The molecule has 0 unspecified atom stereocenters. The van der Waals surface area contributed by atoms with Gasteiger partial charge in [-0.1, -0.05) is 12.1 Å². The van der Waals surface area contributed by atoms with Crippen LogP contribution in [0.3, 0.4) is 0 Å². The van der Waals surface area contributed by atoms with Crippen molar-refractivity contribution in [3.05, 3.63) is 42.0 Å². The molecule has 19 heavy (non-hydrogen) atoms. The van der Waals surface area contributed by atoms with Gasteiger partial charge in [-0.15, -0.1) is 0 Å². The predicted molar refractivity (Wildman–Crippen MR) is 65.3 cm³/mol. The first-order valence-corrected chi connectivity index (χ1v) is 6.24. The van der Waals surface area contributed by atoms with Crippen molar-refractivity contribution < 1.29 is 13.2 Å². The Hall–Kier alpha value is -1.54. The summed E-state index contributed by atoms with van der Waals surface area (Å²) in [7, 11) is 0. The molecule has 1 aromatic heterocycles. The van der Waals surface area contributed by atoms with Crippen LogP contribution < -0.4 is 5.32 Å². The molecule has 2 rings (SSSR count). The number of hydrogen-bond acceptors (Lipinski definition) is 4. The van der Waals surface area contributed by atoms with Gasteiger partial charge in [0.25, 0.3) is 0 Å². The van der Waals surface area contributed by atoms with Gasteiger partial charge in [-0.25, -0.2) is 4.98 Å². The second-order valence-electron chi connectivity index (χ2n) is 3.73. The maximum absolute atomic E-state index is 12.1. The molecule has 4 nitrogen and oxygen atoms in total. The van der Waals surface area contributed by atoms with Gasteiger partial charge in [-0.3, -0.25) is 5.10 Å². The van der Waals surface area contributed by atoms with E-state index in [9.17, 15) is 13.2 Å². The smallest absolute Gasteiger partial charge is 0.306 e. The summed E-state index contributed by atoms with van der Waals surface area (Å²) < 4.78 is 36.4. The number of benzene rings is 1. The monoisotopic (exact) mass is 288 g/mol. The first-order valence-electron chi connectivity index (χ1n) is 5.42. The van der Waals surface area contributed by atoms with Gasteiger partial charge in [0, 0.05) is 11.4 Å². The van der Waals surface area contributed by atoms with Crippen molar-refractivity contribution in [2.24, 2.45) is 0 Å². The maximum Gasteiger partial charge on any atom is 0.446 e. The van der Waals surface area contributed by atoms with Gasteiger partial charge in [-0.05, 0) is 29.5 Å². The highest BCUT2D eigenvalue weighted by atomic mass is 32.2. The molecule has 0 amide bonds. The van der Waals surface area contributed by atoms with Crippen molar-refractivity contribution in [1.82, 2.24) is 20.5 Å². The van der Waals surface area contributed by atoms with E-state index in [1.54, 1.807) is 12.1 Å². The zero-order valence-corrected chi connectivity index (χ0v) is 10.6. The molecule has 0 aliphatic rings. The fraction of sp³-hybridized carbons (Fsp3) is 0.273. The molecule has 0 aliphatic heterocycles. The third-order valence-electron chi connectivity index (χ3n) is 2.24. The molecular formula is C11H11F3N4S. The van der Waals surface area contributed by atoms with Crippen LogP contribution in [0.15, 0.2) is 35.5 Å². The van der Waals surface area contributed by atoms with E-state index < -0.39 is 5.51 Å². The lowest BCUT2D eigenvalue weighted by molar-refractivity contribution is -0.0328. The zero-order chi connectivity index (χ0) is 13.7. The molecule has 2 aromatic rings. The van der Waals surface area contributed by atoms with E-state index in [1.807, 2.05) is 0 Å². The van der Waals surface area contributed by atoms with Crippen LogP contribution in [0, 0.1) is 0 Å². The number of nitrogens with zero attached hydrogens (tertiary/aromatic N) is 2. The van der Waals surface area contributed by atoms with Crippen molar-refractivity contribution in [2.45, 2.75) is 23.5 Å². The van der Waals surface area contributed by atoms with Gasteiger partial charge < -0.3 is 5.32 Å². The maximum atomic E-state index is 12.1. The summed E-state index contributed by atoms with van der Waals surface area (Å²) in [5, 5.41) is 9.52. The van der Waals surface area contributed by atoms with E-state index in [0.717, 1.165) is 5.56 Å². The molecule has 0 saturated carbocycles. The second kappa shape index (κ2) is 6.07. The van der Waals surface area contributed by atoms with Gasteiger partial charge >= 0.3 is 5.51 Å². The Kier molecular flexibility index (Phi) is 4.43. The molecule has 102 valence electrons. The number of H-pyrrole nitrogens is 1. The molecule has 2 N–H and O–H groups in total. The number of nitrogens with one attached hydrogen (secondary N) is 2. The van der Waals surface area contributed by atoms with Gasteiger partial charge in [-0.2, -0.15) is 18.3 Å². The Morgan fingerprint density at radius 1 is 1.16 bits per heavy atom. The highest BCUT2D eigenvalue weighted by Gasteiger charge is 2.28. The Bertz CT molecular complexity index is 496. The summed E-state index contributed by atoms with van der Waals surface area (Å²) in [6, 6.07) is 6.26. The molecule has 0 atom stereocenters. The van der Waals surface area contributed by atoms with Crippen LogP contribution in [0.4, 0.5) is 13.2 Å². The van der Waals surface area contributed by atoms with Crippen molar-refractivity contribution in [2.75, 3.05) is 0 Å². The molecule has 1 heterocycles. The van der Waals surface area contributed by atoms with Crippen LogP contribution in [0.2, 0.25) is 0 Å². The Morgan fingerprint density at radius 3 is 2.47 bits per heavy atom. The van der Waals surface area contributed by atoms with Crippen molar-refractivity contribution in [3.63, 3.8) is 0 Å². The second-order valence-corrected chi connectivity index (χ2v) is 4.87. The van der Waals surface area contributed by atoms with Crippen LogP contribution >= 0.6 is 11.8 Å². The minimum Gasteiger partial charge on any atom is -0.306 e. The normalized spacial score (nSPS) is 11.7. The standard InChI is InChI=1S/C11H11F3N4S/c12-11(13,14)19-9-3-1-8(2-4-9)5-15-6-10-16-7-17-18-10/h1-4,7,15H,5-6H2,(H,16,17,18). The molecule has 0 spiro atoms. The van der Waals surface area contributed by atoms with E-state index in [2.05, 4.69) is 20.5 Å². The Balaban J connectivity index is 1.81. The topological polar surface area (TPSA) is 53.6 Å². The fourth-order valence-corrected chi connectivity index (χ4v) is 1.99. The Morgan fingerprint density at radius 2 is 1.89 bits per heavy atom. The molecule has 0 fully saturated rings. The number of thioether (sulfide) groups is 1. The SMILES string of the molecule is FC(F)(F)Sc1ccc(CNCc2ncn[nH]2)cc1. The van der Waals surface area contributed by atoms with E-state index in [-0.39, 0.29) is 16.7 Å². The number of rotatable bonds is 5. The van der Waals surface area contributed by atoms with E-state index in [0.29, 0.717) is 18.9 Å². The first-order chi connectivity index (χ1) is 9.03. The zero-order valence-electron chi connectivity index (χ0n) is 9.74. The molecule has 0 bridgehead atoms. The largest absolute Gasteiger partial charge is 0.446 e. The lowest BCUT2D eigenvalue weighted by atomic mass is 10.2. The van der Waals surface area contributed by atoms with Crippen molar-refractivity contribution in [3.8, 4) is 0 Å². The number of halogens is 3. The average Bonchev–Trinajstić information content (AvgIpc) is 2.82. The quantitative estimate of drug-likeness (QED) is 0.831. The van der Waals surface area contributed by atoms with Crippen LogP contribution in [-0.4, -0.2) is 20.7 Å². The highest BCUT2D eigenvalue weighted by Crippen LogP contribution is 2.36. The molecule has 1 aromatic carbocycles. The summed E-state index contributed by atoms with van der Waals surface area (Å²) in [5.41, 5.74) is -3.34. The van der Waals surface area contributed by atoms with Crippen LogP contribution in [-0.2, 0) is 13.1 Å². The summed E-state index contributed by atoms with van der Waals surface area (Å²) in [6.45, 7) is 1.08. The minimum absolute atomic E-state index is 0.112. The lowest BCUT2D eigenvalue weighted by Gasteiger charge is -2.07. The number of aromatic nitrogens is 3.